The van der Waals surface area contributed by atoms with Crippen LogP contribution in [0.5, 0.6) is 0 Å². The van der Waals surface area contributed by atoms with Crippen LogP contribution in [0.15, 0.2) is 158 Å². The third-order valence-corrected chi connectivity index (χ3v) is 9.41. The SMILES string of the molecule is [C-]#[N+]c1cccc2c3ccccc3n(-c3ccc(-c4ccc(-c5c(C#N)cccc5-n5c6ccccc6c6ccccc65)cc4)cc3)c12. The number of nitriles is 1. The number of rotatable bonds is 4. The van der Waals surface area contributed by atoms with E-state index in [4.69, 9.17) is 6.57 Å². The summed E-state index contributed by atoms with van der Waals surface area (Å²) < 4.78 is 4.47. The van der Waals surface area contributed by atoms with Crippen LogP contribution in [-0.4, -0.2) is 9.13 Å². The maximum Gasteiger partial charge on any atom is 0.211 e. The maximum absolute atomic E-state index is 10.3. The Hall–Kier alpha value is -6.88. The molecule has 0 amide bonds. The van der Waals surface area contributed by atoms with Crippen LogP contribution in [0.25, 0.3) is 82.1 Å². The van der Waals surface area contributed by atoms with Gasteiger partial charge in [0.15, 0.2) is 0 Å². The zero-order valence-corrected chi connectivity index (χ0v) is 25.8. The van der Waals surface area contributed by atoms with E-state index in [1.54, 1.807) is 0 Å². The van der Waals surface area contributed by atoms with E-state index in [2.05, 4.69) is 141 Å². The molecule has 0 aliphatic carbocycles. The van der Waals surface area contributed by atoms with Gasteiger partial charge in [-0.25, -0.2) is 4.85 Å². The van der Waals surface area contributed by atoms with E-state index >= 15 is 0 Å². The summed E-state index contributed by atoms with van der Waals surface area (Å²) >= 11 is 0. The molecule has 4 nitrogen and oxygen atoms in total. The summed E-state index contributed by atoms with van der Waals surface area (Å²) in [6.45, 7) is 7.83. The lowest BCUT2D eigenvalue weighted by molar-refractivity contribution is 1.18. The fourth-order valence-corrected chi connectivity index (χ4v) is 7.30. The molecular weight excluding hydrogens is 585 g/mol. The summed E-state index contributed by atoms with van der Waals surface area (Å²) in [4.78, 5) is 3.85. The van der Waals surface area contributed by atoms with Gasteiger partial charge in [-0.15, -0.1) is 0 Å². The van der Waals surface area contributed by atoms with E-state index < -0.39 is 0 Å². The molecule has 0 aliphatic heterocycles. The highest BCUT2D eigenvalue weighted by atomic mass is 15.0. The van der Waals surface area contributed by atoms with Crippen LogP contribution in [-0.2, 0) is 0 Å². The molecule has 0 radical (unpaired) electrons. The number of para-hydroxylation sites is 4. The largest absolute Gasteiger partial charge is 0.319 e. The highest BCUT2D eigenvalue weighted by Crippen LogP contribution is 2.40. The molecule has 4 heteroatoms. The van der Waals surface area contributed by atoms with Gasteiger partial charge < -0.3 is 9.13 Å². The number of hydrogen-bond acceptors (Lipinski definition) is 1. The molecule has 0 unspecified atom stereocenters. The minimum absolute atomic E-state index is 0.636. The van der Waals surface area contributed by atoms with Gasteiger partial charge in [0.1, 0.15) is 0 Å². The van der Waals surface area contributed by atoms with Crippen molar-refractivity contribution in [3.63, 3.8) is 0 Å². The first-order chi connectivity index (χ1) is 23.7. The maximum atomic E-state index is 10.3. The zero-order valence-electron chi connectivity index (χ0n) is 25.8. The molecule has 0 spiro atoms. The minimum Gasteiger partial charge on any atom is -0.319 e. The van der Waals surface area contributed by atoms with Crippen LogP contribution in [0.3, 0.4) is 0 Å². The van der Waals surface area contributed by atoms with Crippen molar-refractivity contribution in [1.29, 1.82) is 5.26 Å². The Morgan fingerprint density at radius 1 is 0.479 bits per heavy atom. The number of hydrogen-bond donors (Lipinski definition) is 0. The third-order valence-electron chi connectivity index (χ3n) is 9.41. The van der Waals surface area contributed by atoms with Crippen molar-refractivity contribution in [2.24, 2.45) is 0 Å². The molecule has 2 aromatic heterocycles. The van der Waals surface area contributed by atoms with E-state index in [9.17, 15) is 5.26 Å². The number of nitrogens with zero attached hydrogens (tertiary/aromatic N) is 4. The molecule has 9 aromatic rings. The summed E-state index contributed by atoms with van der Waals surface area (Å²) in [5.41, 5.74) is 11.6. The Morgan fingerprint density at radius 3 is 1.58 bits per heavy atom. The van der Waals surface area contributed by atoms with Crippen LogP contribution < -0.4 is 0 Å². The molecular formula is C44H26N4. The second-order valence-electron chi connectivity index (χ2n) is 11.9. The molecule has 0 saturated carbocycles. The van der Waals surface area contributed by atoms with Crippen LogP contribution in [0.4, 0.5) is 5.69 Å². The zero-order chi connectivity index (χ0) is 32.2. The molecule has 0 aliphatic rings. The van der Waals surface area contributed by atoms with Crippen LogP contribution in [0.1, 0.15) is 5.56 Å². The summed E-state index contributed by atoms with van der Waals surface area (Å²) in [5.74, 6) is 0. The summed E-state index contributed by atoms with van der Waals surface area (Å²) in [6.07, 6.45) is 0. The first kappa shape index (κ1) is 27.4. The summed E-state index contributed by atoms with van der Waals surface area (Å²) in [5, 5.41) is 14.8. The molecule has 0 fully saturated rings. The van der Waals surface area contributed by atoms with Crippen molar-refractivity contribution in [3.8, 4) is 39.7 Å². The second-order valence-corrected chi connectivity index (χ2v) is 11.9. The molecule has 0 saturated heterocycles. The number of fused-ring (bicyclic) bond motifs is 6. The van der Waals surface area contributed by atoms with Gasteiger partial charge in [-0.05, 0) is 64.5 Å². The van der Waals surface area contributed by atoms with Gasteiger partial charge in [0.2, 0.25) is 5.69 Å². The lowest BCUT2D eigenvalue weighted by atomic mass is 9.95. The molecule has 48 heavy (non-hydrogen) atoms. The van der Waals surface area contributed by atoms with Crippen molar-refractivity contribution < 1.29 is 0 Å². The number of benzene rings is 7. The lowest BCUT2D eigenvalue weighted by Crippen LogP contribution is -1.99. The van der Waals surface area contributed by atoms with Gasteiger partial charge in [0.25, 0.3) is 0 Å². The van der Waals surface area contributed by atoms with Gasteiger partial charge in [-0.2, -0.15) is 5.26 Å². The van der Waals surface area contributed by atoms with Crippen molar-refractivity contribution in [2.45, 2.75) is 0 Å². The quantitative estimate of drug-likeness (QED) is 0.183. The summed E-state index contributed by atoms with van der Waals surface area (Å²) in [7, 11) is 0. The summed E-state index contributed by atoms with van der Waals surface area (Å²) in [6, 6.07) is 56.6. The fourth-order valence-electron chi connectivity index (χ4n) is 7.30. The molecule has 222 valence electrons. The smallest absolute Gasteiger partial charge is 0.211 e. The molecule has 0 N–H and O–H groups in total. The van der Waals surface area contributed by atoms with Crippen molar-refractivity contribution >= 4 is 49.3 Å². The minimum atomic E-state index is 0.636. The van der Waals surface area contributed by atoms with Gasteiger partial charge in [0.05, 0.1) is 46.0 Å². The first-order valence-corrected chi connectivity index (χ1v) is 15.9. The molecule has 9 rings (SSSR count). The average molecular weight is 611 g/mol. The monoisotopic (exact) mass is 610 g/mol. The van der Waals surface area contributed by atoms with Gasteiger partial charge in [0, 0.05) is 27.4 Å². The molecule has 0 atom stereocenters. The van der Waals surface area contributed by atoms with Crippen LogP contribution in [0.2, 0.25) is 0 Å². The van der Waals surface area contributed by atoms with Gasteiger partial charge in [-0.1, -0.05) is 115 Å². The molecule has 0 bridgehead atoms. The van der Waals surface area contributed by atoms with Crippen molar-refractivity contribution in [1.82, 2.24) is 9.13 Å². The van der Waals surface area contributed by atoms with E-state index in [1.165, 1.54) is 10.8 Å². The Kier molecular flexibility index (Phi) is 6.22. The molecule has 7 aromatic carbocycles. The topological polar surface area (TPSA) is 38.0 Å². The Morgan fingerprint density at radius 2 is 0.979 bits per heavy atom. The molecule has 2 heterocycles. The van der Waals surface area contributed by atoms with Crippen molar-refractivity contribution in [2.75, 3.05) is 0 Å². The van der Waals surface area contributed by atoms with E-state index in [1.807, 2.05) is 36.4 Å². The fraction of sp³-hybridized carbons (Fsp3) is 0. The third kappa shape index (κ3) is 4.07. The van der Waals surface area contributed by atoms with E-state index in [0.29, 0.717) is 11.3 Å². The van der Waals surface area contributed by atoms with Gasteiger partial charge in [-0.3, -0.25) is 0 Å². The Balaban J connectivity index is 1.14. The lowest BCUT2D eigenvalue weighted by Gasteiger charge is -2.16. The first-order valence-electron chi connectivity index (χ1n) is 15.9. The Bertz CT molecular complexity index is 2730. The van der Waals surface area contributed by atoms with Crippen molar-refractivity contribution in [3.05, 3.63) is 175 Å². The predicted molar refractivity (Wildman–Crippen MR) is 197 cm³/mol. The Labute approximate surface area is 277 Å². The average Bonchev–Trinajstić information content (AvgIpc) is 3.68. The highest BCUT2D eigenvalue weighted by molar-refractivity contribution is 6.13. The van der Waals surface area contributed by atoms with Crippen LogP contribution >= 0.6 is 0 Å². The number of aromatic nitrogens is 2. The van der Waals surface area contributed by atoms with Gasteiger partial charge >= 0.3 is 0 Å². The predicted octanol–water partition coefficient (Wildman–Crippen LogP) is 11.6. The second kappa shape index (κ2) is 10.9. The standard InChI is InChI=1S/C44H26N4/c1-46-38-15-9-14-37-36-13-4-5-16-39(36)47(44(37)38)33-26-24-30(25-27-33)29-20-22-31(23-21-29)43-32(28-45)10-8-19-42(43)48-40-17-6-2-11-34(40)35-12-3-7-18-41(35)48/h2-27H. The van der Waals surface area contributed by atoms with E-state index in [-0.39, 0.29) is 0 Å². The normalized spacial score (nSPS) is 11.3. The van der Waals surface area contributed by atoms with E-state index in [0.717, 1.165) is 66.5 Å². The highest BCUT2D eigenvalue weighted by Gasteiger charge is 2.18. The van der Waals surface area contributed by atoms with Crippen LogP contribution in [0, 0.1) is 17.9 Å².